The normalized spacial score (nSPS) is 13.3. The van der Waals surface area contributed by atoms with Gasteiger partial charge in [-0.2, -0.15) is 0 Å². The summed E-state index contributed by atoms with van der Waals surface area (Å²) in [7, 11) is 0. The molecule has 0 atom stereocenters. The fourth-order valence-electron chi connectivity index (χ4n) is 4.11. The molecule has 0 nitrogen and oxygen atoms in total. The molecule has 6 heteroatoms. The van der Waals surface area contributed by atoms with Crippen LogP contribution < -0.4 is 15.9 Å². The van der Waals surface area contributed by atoms with E-state index in [1.807, 2.05) is 91.0 Å². The second-order valence-corrected chi connectivity index (χ2v) is 16.6. The van der Waals surface area contributed by atoms with Crippen LogP contribution >= 0.6 is 20.8 Å². The third-order valence-electron chi connectivity index (χ3n) is 5.73. The zero-order valence-corrected chi connectivity index (χ0v) is 19.4. The monoisotopic (exact) mass is 518 g/mol. The van der Waals surface area contributed by atoms with E-state index in [0.29, 0.717) is 6.07 Å². The first-order valence-corrected chi connectivity index (χ1v) is 14.4. The molecule has 4 aromatic carbocycles. The standard InChI is InChI=1S/C26H20BrF4P/c27-32(22-10-4-1-5-11-22,23-12-6-2-7-13-23,24-14-8-3-9-15-24)19-20-16-17-21(18-25(20)28)26(29,30)31/h1-18H,19H2. The summed E-state index contributed by atoms with van der Waals surface area (Å²) < 4.78 is 54.5. The van der Waals surface area contributed by atoms with Crippen molar-refractivity contribution in [2.75, 3.05) is 0 Å². The molecule has 0 aliphatic carbocycles. The maximum atomic E-state index is 15.1. The number of alkyl halides is 3. The van der Waals surface area contributed by atoms with Crippen LogP contribution in [-0.2, 0) is 12.3 Å². The number of hydrogen-bond acceptors (Lipinski definition) is 0. The third-order valence-corrected chi connectivity index (χ3v) is 15.2. The van der Waals surface area contributed by atoms with Gasteiger partial charge in [0.15, 0.2) is 0 Å². The topological polar surface area (TPSA) is 0 Å². The summed E-state index contributed by atoms with van der Waals surface area (Å²) in [6, 6.07) is 32.0. The van der Waals surface area contributed by atoms with Crippen molar-refractivity contribution in [2.24, 2.45) is 0 Å². The summed E-state index contributed by atoms with van der Waals surface area (Å²) in [5.74, 6) is -0.865. The fraction of sp³-hybridized carbons (Fsp3) is 0.0769. The van der Waals surface area contributed by atoms with E-state index >= 15 is 4.39 Å². The molecule has 0 amide bonds. The van der Waals surface area contributed by atoms with Gasteiger partial charge in [0.05, 0.1) is 0 Å². The van der Waals surface area contributed by atoms with E-state index in [1.165, 1.54) is 6.07 Å². The van der Waals surface area contributed by atoms with Crippen molar-refractivity contribution in [2.45, 2.75) is 12.3 Å². The first-order valence-electron chi connectivity index (χ1n) is 9.99. The molecule has 0 N–H and O–H groups in total. The van der Waals surface area contributed by atoms with Gasteiger partial charge in [-0.15, -0.1) is 0 Å². The first kappa shape index (κ1) is 22.7. The fourth-order valence-corrected chi connectivity index (χ4v) is 11.8. The van der Waals surface area contributed by atoms with Crippen molar-refractivity contribution in [3.05, 3.63) is 126 Å². The molecule has 0 radical (unpaired) electrons. The molecule has 0 bridgehead atoms. The number of hydrogen-bond donors (Lipinski definition) is 0. The quantitative estimate of drug-likeness (QED) is 0.194. The summed E-state index contributed by atoms with van der Waals surface area (Å²) in [6.07, 6.45) is -4.41. The van der Waals surface area contributed by atoms with Gasteiger partial charge in [0, 0.05) is 0 Å². The van der Waals surface area contributed by atoms with Gasteiger partial charge in [0.2, 0.25) is 0 Å². The molecule has 0 aromatic heterocycles. The van der Waals surface area contributed by atoms with E-state index in [2.05, 4.69) is 15.5 Å². The Morgan fingerprint density at radius 2 is 1.03 bits per heavy atom. The van der Waals surface area contributed by atoms with E-state index in [0.717, 1.165) is 22.0 Å². The molecular weight excluding hydrogens is 499 g/mol. The molecular formula is C26H20BrF4P. The van der Waals surface area contributed by atoms with Crippen molar-refractivity contribution in [1.29, 1.82) is 0 Å². The van der Waals surface area contributed by atoms with Gasteiger partial charge in [-0.25, -0.2) is 0 Å². The Labute approximate surface area is 192 Å². The average Bonchev–Trinajstić information content (AvgIpc) is 2.81. The Morgan fingerprint density at radius 3 is 1.38 bits per heavy atom. The molecule has 0 unspecified atom stereocenters. The molecule has 0 saturated heterocycles. The van der Waals surface area contributed by atoms with Gasteiger partial charge >= 0.3 is 193 Å². The molecule has 4 rings (SSSR count). The van der Waals surface area contributed by atoms with Crippen LogP contribution in [0.4, 0.5) is 17.6 Å². The zero-order chi connectivity index (χ0) is 22.8. The summed E-state index contributed by atoms with van der Waals surface area (Å²) in [5, 5.41) is -0.584. The van der Waals surface area contributed by atoms with Crippen molar-refractivity contribution >= 4 is 36.7 Å². The Morgan fingerprint density at radius 1 is 0.625 bits per heavy atom. The number of benzene rings is 4. The Balaban J connectivity index is 2.03. The van der Waals surface area contributed by atoms with Crippen molar-refractivity contribution < 1.29 is 17.6 Å². The molecule has 0 saturated carbocycles. The van der Waals surface area contributed by atoms with Gasteiger partial charge in [-0.1, -0.05) is 0 Å². The molecule has 0 aliphatic heterocycles. The van der Waals surface area contributed by atoms with E-state index in [1.54, 1.807) is 0 Å². The second-order valence-electron chi connectivity index (χ2n) is 7.65. The molecule has 0 heterocycles. The Bertz CT molecular complexity index is 1110. The van der Waals surface area contributed by atoms with Crippen LogP contribution in [0.3, 0.4) is 0 Å². The minimum absolute atomic E-state index is 0.188. The molecule has 0 aliphatic rings. The van der Waals surface area contributed by atoms with Crippen LogP contribution in [0, 0.1) is 5.82 Å². The number of rotatable bonds is 5. The minimum atomic E-state index is -4.60. The number of halogens is 5. The van der Waals surface area contributed by atoms with Crippen molar-refractivity contribution in [3.8, 4) is 0 Å². The molecule has 4 aromatic rings. The van der Waals surface area contributed by atoms with Crippen LogP contribution in [0.1, 0.15) is 11.1 Å². The second kappa shape index (κ2) is 8.46. The summed E-state index contributed by atoms with van der Waals surface area (Å²) in [6.45, 7) is 0. The predicted molar refractivity (Wildman–Crippen MR) is 129 cm³/mol. The first-order chi connectivity index (χ1) is 15.2. The zero-order valence-electron chi connectivity index (χ0n) is 16.9. The SMILES string of the molecule is Fc1cc(C(F)(F)F)ccc1CP(Br)(c1ccccc1)(c1ccccc1)c1ccccc1. The molecule has 164 valence electrons. The van der Waals surface area contributed by atoms with E-state index < -0.39 is 22.9 Å². The summed E-state index contributed by atoms with van der Waals surface area (Å²) >= 11 is 4.19. The molecule has 32 heavy (non-hydrogen) atoms. The van der Waals surface area contributed by atoms with E-state index in [4.69, 9.17) is 0 Å². The Hall–Kier alpha value is -2.49. The van der Waals surface area contributed by atoms with Crippen LogP contribution in [-0.4, -0.2) is 0 Å². The van der Waals surface area contributed by atoms with Crippen LogP contribution in [0.25, 0.3) is 0 Å². The molecule has 0 fully saturated rings. The van der Waals surface area contributed by atoms with Crippen LogP contribution in [0.5, 0.6) is 0 Å². The maximum absolute atomic E-state index is 15.1. The van der Waals surface area contributed by atoms with Crippen molar-refractivity contribution in [3.63, 3.8) is 0 Å². The van der Waals surface area contributed by atoms with E-state index in [-0.39, 0.29) is 11.7 Å². The summed E-state index contributed by atoms with van der Waals surface area (Å²) in [5.41, 5.74) is -0.767. The van der Waals surface area contributed by atoms with Crippen LogP contribution in [0.2, 0.25) is 0 Å². The van der Waals surface area contributed by atoms with E-state index in [9.17, 15) is 13.2 Å². The van der Waals surface area contributed by atoms with Gasteiger partial charge in [0.1, 0.15) is 0 Å². The van der Waals surface area contributed by atoms with Gasteiger partial charge in [-0.05, 0) is 0 Å². The molecule has 0 spiro atoms. The van der Waals surface area contributed by atoms with Gasteiger partial charge in [0.25, 0.3) is 0 Å². The third kappa shape index (κ3) is 3.89. The Kier molecular flexibility index (Phi) is 6.00. The van der Waals surface area contributed by atoms with Gasteiger partial charge in [-0.3, -0.25) is 0 Å². The van der Waals surface area contributed by atoms with Crippen LogP contribution in [0.15, 0.2) is 109 Å². The predicted octanol–water partition coefficient (Wildman–Crippen LogP) is 7.18. The summed E-state index contributed by atoms with van der Waals surface area (Å²) in [4.78, 5) is 0. The van der Waals surface area contributed by atoms with Gasteiger partial charge < -0.3 is 0 Å². The van der Waals surface area contributed by atoms with Crippen molar-refractivity contribution in [1.82, 2.24) is 0 Å². The average molecular weight is 519 g/mol.